The molecule has 1 aromatic rings. The average molecular weight is 322 g/mol. The van der Waals surface area contributed by atoms with Crippen molar-refractivity contribution in [2.24, 2.45) is 10.1 Å². The molecule has 0 saturated carbocycles. The summed E-state index contributed by atoms with van der Waals surface area (Å²) in [6.07, 6.45) is 3.30. The zero-order valence-corrected chi connectivity index (χ0v) is 13.0. The number of hydrazone groups is 1. The predicted octanol–water partition coefficient (Wildman–Crippen LogP) is 0.301. The van der Waals surface area contributed by atoms with Crippen LogP contribution in [0, 0.1) is 0 Å². The molecule has 0 saturated heterocycles. The molecule has 116 valence electrons. The van der Waals surface area contributed by atoms with Crippen LogP contribution in [0.25, 0.3) is 0 Å². The van der Waals surface area contributed by atoms with Gasteiger partial charge in [-0.2, -0.15) is 5.10 Å². The summed E-state index contributed by atoms with van der Waals surface area (Å²) in [5.74, 6) is -1.47. The van der Waals surface area contributed by atoms with Crippen molar-refractivity contribution in [3.8, 4) is 0 Å². The topological polar surface area (TPSA) is 102 Å². The van der Waals surface area contributed by atoms with E-state index in [9.17, 15) is 9.59 Å². The number of rotatable bonds is 4. The van der Waals surface area contributed by atoms with Gasteiger partial charge < -0.3 is 9.47 Å². The van der Waals surface area contributed by atoms with Gasteiger partial charge >= 0.3 is 11.9 Å². The van der Waals surface area contributed by atoms with Crippen molar-refractivity contribution in [3.63, 3.8) is 0 Å². The van der Waals surface area contributed by atoms with E-state index in [1.165, 1.54) is 26.0 Å². The zero-order valence-electron chi connectivity index (χ0n) is 12.2. The van der Waals surface area contributed by atoms with E-state index in [0.717, 1.165) is 0 Å². The van der Waals surface area contributed by atoms with E-state index in [1.807, 2.05) is 0 Å². The van der Waals surface area contributed by atoms with Crippen molar-refractivity contribution in [1.82, 2.24) is 10.4 Å². The van der Waals surface area contributed by atoms with E-state index >= 15 is 0 Å². The van der Waals surface area contributed by atoms with Crippen molar-refractivity contribution in [2.45, 2.75) is 4.87 Å². The molecule has 0 aliphatic carbocycles. The lowest BCUT2D eigenvalue weighted by atomic mass is 10.1. The lowest BCUT2D eigenvalue weighted by Crippen LogP contribution is -2.47. The third-order valence-electron chi connectivity index (χ3n) is 2.93. The van der Waals surface area contributed by atoms with Crippen LogP contribution in [0.15, 0.2) is 34.5 Å². The van der Waals surface area contributed by atoms with Crippen molar-refractivity contribution < 1.29 is 19.1 Å². The van der Waals surface area contributed by atoms with Crippen LogP contribution in [-0.2, 0) is 23.9 Å². The molecular formula is C13H14N4O4S. The Morgan fingerprint density at radius 2 is 1.95 bits per heavy atom. The SMILES string of the molecule is COC(=O)C1=NC(SC)(c2ccccn2)C(C(=O)OC)=NN1. The van der Waals surface area contributed by atoms with E-state index in [4.69, 9.17) is 4.74 Å². The van der Waals surface area contributed by atoms with Crippen molar-refractivity contribution in [2.75, 3.05) is 20.5 Å². The Morgan fingerprint density at radius 1 is 1.23 bits per heavy atom. The summed E-state index contributed by atoms with van der Waals surface area (Å²) in [6, 6.07) is 5.18. The third kappa shape index (κ3) is 2.67. The van der Waals surface area contributed by atoms with Gasteiger partial charge in [0.05, 0.1) is 19.9 Å². The summed E-state index contributed by atoms with van der Waals surface area (Å²) in [7, 11) is 2.47. The summed E-state index contributed by atoms with van der Waals surface area (Å²) >= 11 is 1.20. The highest BCUT2D eigenvalue weighted by molar-refractivity contribution is 8.00. The minimum atomic E-state index is -1.29. The highest BCUT2D eigenvalue weighted by Gasteiger charge is 2.46. The molecule has 8 nitrogen and oxygen atoms in total. The Balaban J connectivity index is 2.62. The molecule has 0 aromatic carbocycles. The number of hydrogen-bond acceptors (Lipinski definition) is 9. The van der Waals surface area contributed by atoms with Crippen LogP contribution in [0.2, 0.25) is 0 Å². The maximum absolute atomic E-state index is 12.0. The predicted molar refractivity (Wildman–Crippen MR) is 81.5 cm³/mol. The van der Waals surface area contributed by atoms with Gasteiger partial charge in [-0.25, -0.2) is 14.6 Å². The molecule has 9 heteroatoms. The molecule has 0 fully saturated rings. The van der Waals surface area contributed by atoms with E-state index in [-0.39, 0.29) is 11.5 Å². The van der Waals surface area contributed by atoms with Gasteiger partial charge in [-0.05, 0) is 18.4 Å². The number of carbonyl (C=O) groups excluding carboxylic acids is 2. The fraction of sp³-hybridized carbons (Fsp3) is 0.308. The van der Waals surface area contributed by atoms with E-state index in [0.29, 0.717) is 5.69 Å². The fourth-order valence-corrected chi connectivity index (χ4v) is 2.71. The Labute approximate surface area is 131 Å². The van der Waals surface area contributed by atoms with Crippen LogP contribution in [0.4, 0.5) is 0 Å². The van der Waals surface area contributed by atoms with Crippen LogP contribution in [0.1, 0.15) is 5.69 Å². The van der Waals surface area contributed by atoms with Gasteiger partial charge in [0, 0.05) is 6.20 Å². The number of thioether (sulfide) groups is 1. The van der Waals surface area contributed by atoms with Crippen molar-refractivity contribution in [1.29, 1.82) is 0 Å². The first-order valence-electron chi connectivity index (χ1n) is 6.16. The Bertz CT molecular complexity index is 647. The van der Waals surface area contributed by atoms with Crippen LogP contribution in [0.3, 0.4) is 0 Å². The molecule has 0 bridgehead atoms. The summed E-state index contributed by atoms with van der Waals surface area (Å²) in [4.78, 5) is 31.0. The molecule has 2 rings (SSSR count). The quantitative estimate of drug-likeness (QED) is 0.795. The van der Waals surface area contributed by atoms with Crippen molar-refractivity contribution >= 4 is 35.2 Å². The fourth-order valence-electron chi connectivity index (χ4n) is 1.88. The Kier molecular flexibility index (Phi) is 4.76. The first kappa shape index (κ1) is 16.0. The number of esters is 2. The second-order valence-corrected chi connectivity index (χ2v) is 5.08. The van der Waals surface area contributed by atoms with Gasteiger partial charge in [0.2, 0.25) is 10.7 Å². The average Bonchev–Trinajstić information content (AvgIpc) is 2.60. The lowest BCUT2D eigenvalue weighted by molar-refractivity contribution is -0.134. The van der Waals surface area contributed by atoms with Gasteiger partial charge in [0.1, 0.15) is 0 Å². The summed E-state index contributed by atoms with van der Waals surface area (Å²) < 4.78 is 9.39. The summed E-state index contributed by atoms with van der Waals surface area (Å²) in [6.45, 7) is 0. The minimum absolute atomic E-state index is 0.00569. The summed E-state index contributed by atoms with van der Waals surface area (Å²) in [5.41, 5.74) is 2.86. The first-order chi connectivity index (χ1) is 10.6. The molecular weight excluding hydrogens is 308 g/mol. The first-order valence-corrected chi connectivity index (χ1v) is 7.39. The lowest BCUT2D eigenvalue weighted by Gasteiger charge is -2.30. The summed E-state index contributed by atoms with van der Waals surface area (Å²) in [5, 5.41) is 3.95. The molecule has 22 heavy (non-hydrogen) atoms. The molecule has 1 aliphatic rings. The Hall–Kier alpha value is -2.42. The van der Waals surface area contributed by atoms with Crippen molar-refractivity contribution in [3.05, 3.63) is 30.1 Å². The highest BCUT2D eigenvalue weighted by Crippen LogP contribution is 2.38. The Morgan fingerprint density at radius 3 is 2.50 bits per heavy atom. The smallest absolute Gasteiger partial charge is 0.375 e. The second kappa shape index (κ2) is 6.56. The number of pyridine rings is 1. The number of methoxy groups -OCH3 is 2. The molecule has 1 unspecified atom stereocenters. The van der Waals surface area contributed by atoms with Crippen LogP contribution in [0.5, 0.6) is 0 Å². The second-order valence-electron chi connectivity index (χ2n) is 4.08. The molecule has 0 amide bonds. The van der Waals surface area contributed by atoms with Gasteiger partial charge in [0.15, 0.2) is 5.71 Å². The van der Waals surface area contributed by atoms with E-state index in [1.54, 1.807) is 30.7 Å². The standard InChI is InChI=1S/C13H14N4O4S/c1-20-11(18)9-13(22-3,8-6-4-5-7-14-8)15-10(17-16-9)12(19)21-2/h4-7H,1-3H3,(H,15,17). The normalized spacial score (nSPS) is 20.3. The molecule has 1 N–H and O–H groups in total. The number of nitrogens with zero attached hydrogens (tertiary/aromatic N) is 3. The third-order valence-corrected chi connectivity index (χ3v) is 4.01. The highest BCUT2D eigenvalue weighted by atomic mass is 32.2. The number of ether oxygens (including phenoxy) is 2. The zero-order chi connectivity index (χ0) is 16.2. The largest absolute Gasteiger partial charge is 0.464 e. The minimum Gasteiger partial charge on any atom is -0.464 e. The molecule has 1 aliphatic heterocycles. The van der Waals surface area contributed by atoms with E-state index in [2.05, 4.69) is 25.2 Å². The van der Waals surface area contributed by atoms with E-state index < -0.39 is 16.8 Å². The molecule has 1 aromatic heterocycles. The van der Waals surface area contributed by atoms with Crippen LogP contribution >= 0.6 is 11.8 Å². The van der Waals surface area contributed by atoms with Gasteiger partial charge in [0.25, 0.3) is 0 Å². The molecule has 2 heterocycles. The monoisotopic (exact) mass is 322 g/mol. The van der Waals surface area contributed by atoms with Gasteiger partial charge in [-0.3, -0.25) is 10.4 Å². The van der Waals surface area contributed by atoms with Crippen LogP contribution < -0.4 is 5.43 Å². The van der Waals surface area contributed by atoms with Gasteiger partial charge in [-0.15, -0.1) is 11.8 Å². The maximum Gasteiger partial charge on any atom is 0.375 e. The number of aliphatic imine (C=N–C) groups is 1. The number of nitrogens with one attached hydrogen (secondary N) is 1. The number of carbonyl (C=O) groups is 2. The van der Waals surface area contributed by atoms with Gasteiger partial charge in [-0.1, -0.05) is 6.07 Å². The molecule has 1 atom stereocenters. The maximum atomic E-state index is 12.0. The number of hydrogen-bond donors (Lipinski definition) is 1. The molecule has 0 spiro atoms. The number of amidine groups is 1. The van der Waals surface area contributed by atoms with Crippen LogP contribution in [-0.4, -0.2) is 48.9 Å². The number of aromatic nitrogens is 1. The molecule has 0 radical (unpaired) electrons.